The molecule has 0 radical (unpaired) electrons. The highest BCUT2D eigenvalue weighted by Gasteiger charge is 2.21. The van der Waals surface area contributed by atoms with Gasteiger partial charge in [-0.3, -0.25) is 14.4 Å². The normalized spacial score (nSPS) is 12.0. The van der Waals surface area contributed by atoms with Crippen molar-refractivity contribution in [2.24, 2.45) is 0 Å². The number of halogens is 1. The van der Waals surface area contributed by atoms with Gasteiger partial charge in [0, 0.05) is 36.3 Å². The average Bonchev–Trinajstić information content (AvgIpc) is 2.72. The third-order valence-corrected chi connectivity index (χ3v) is 6.03. The molecular weight excluding hydrogens is 456 g/mol. The molecule has 2 rings (SSSR count). The molecule has 2 aromatic carbocycles. The summed E-state index contributed by atoms with van der Waals surface area (Å²) in [5.41, 5.74) is 1.08. The van der Waals surface area contributed by atoms with Crippen molar-refractivity contribution in [2.75, 3.05) is 17.2 Å². The Morgan fingerprint density at radius 1 is 0.938 bits per heavy atom. The van der Waals surface area contributed by atoms with Crippen LogP contribution in [0.1, 0.15) is 26.7 Å². The second-order valence-electron chi connectivity index (χ2n) is 7.00. The Hall–Kier alpha value is -2.95. The third-order valence-electron chi connectivity index (χ3n) is 4.22. The van der Waals surface area contributed by atoms with Crippen LogP contribution in [0.3, 0.4) is 0 Å². The smallest absolute Gasteiger partial charge is 0.241 e. The highest BCUT2D eigenvalue weighted by atomic mass is 35.5. The summed E-state index contributed by atoms with van der Waals surface area (Å²) in [6.45, 7) is 2.98. The molecule has 0 spiro atoms. The number of nitrogens with one attached hydrogen (secondary N) is 4. The lowest BCUT2D eigenvalue weighted by atomic mass is 10.2. The van der Waals surface area contributed by atoms with Crippen LogP contribution < -0.4 is 20.7 Å². The van der Waals surface area contributed by atoms with Gasteiger partial charge in [-0.05, 0) is 61.9 Å². The maximum Gasteiger partial charge on any atom is 0.241 e. The number of rotatable bonds is 10. The lowest BCUT2D eigenvalue weighted by Crippen LogP contribution is -2.45. The van der Waals surface area contributed by atoms with Gasteiger partial charge in [0.25, 0.3) is 0 Å². The first-order valence-electron chi connectivity index (χ1n) is 9.80. The van der Waals surface area contributed by atoms with E-state index < -0.39 is 22.0 Å². The molecule has 0 saturated carbocycles. The van der Waals surface area contributed by atoms with E-state index in [1.54, 1.807) is 24.3 Å². The molecule has 0 heterocycles. The molecule has 0 unspecified atom stereocenters. The predicted octanol–water partition coefficient (Wildman–Crippen LogP) is 2.50. The molecule has 0 aromatic heterocycles. The molecule has 2 aromatic rings. The molecule has 172 valence electrons. The minimum atomic E-state index is -3.93. The maximum atomic E-state index is 12.5. The van der Waals surface area contributed by atoms with Crippen LogP contribution in [0.5, 0.6) is 0 Å². The summed E-state index contributed by atoms with van der Waals surface area (Å²) < 4.78 is 27.2. The second-order valence-corrected chi connectivity index (χ2v) is 9.15. The van der Waals surface area contributed by atoms with Crippen molar-refractivity contribution in [1.29, 1.82) is 0 Å². The van der Waals surface area contributed by atoms with E-state index in [0.29, 0.717) is 22.8 Å². The van der Waals surface area contributed by atoms with Gasteiger partial charge in [0.05, 0.1) is 10.9 Å². The summed E-state index contributed by atoms with van der Waals surface area (Å²) >= 11 is 5.79. The van der Waals surface area contributed by atoms with E-state index in [1.165, 1.54) is 38.1 Å². The SMILES string of the molecule is CC(=O)Nc1ccc(S(=O)(=O)N[C@@H](C)C(=O)NCCCC(=O)Nc2ccc(Cl)cc2)cc1. The second kappa shape index (κ2) is 11.6. The van der Waals surface area contributed by atoms with Gasteiger partial charge in [0.2, 0.25) is 27.7 Å². The van der Waals surface area contributed by atoms with Crippen LogP contribution in [0.25, 0.3) is 0 Å². The molecular formula is C21H25ClN4O5S. The Labute approximate surface area is 192 Å². The van der Waals surface area contributed by atoms with Gasteiger partial charge in [-0.25, -0.2) is 8.42 Å². The molecule has 3 amide bonds. The van der Waals surface area contributed by atoms with Crippen LogP contribution in [0.4, 0.5) is 11.4 Å². The predicted molar refractivity (Wildman–Crippen MR) is 123 cm³/mol. The van der Waals surface area contributed by atoms with Gasteiger partial charge < -0.3 is 16.0 Å². The lowest BCUT2D eigenvalue weighted by molar-refractivity contribution is -0.122. The zero-order valence-electron chi connectivity index (χ0n) is 17.6. The first kappa shape index (κ1) is 25.3. The van der Waals surface area contributed by atoms with E-state index >= 15 is 0 Å². The topological polar surface area (TPSA) is 133 Å². The van der Waals surface area contributed by atoms with Gasteiger partial charge in [-0.2, -0.15) is 4.72 Å². The van der Waals surface area contributed by atoms with Crippen LogP contribution in [-0.4, -0.2) is 38.7 Å². The summed E-state index contributed by atoms with van der Waals surface area (Å²) in [5, 5.41) is 8.43. The highest BCUT2D eigenvalue weighted by molar-refractivity contribution is 7.89. The van der Waals surface area contributed by atoms with Crippen LogP contribution in [-0.2, 0) is 24.4 Å². The number of anilines is 2. The molecule has 0 aliphatic carbocycles. The Morgan fingerprint density at radius 2 is 1.50 bits per heavy atom. The maximum absolute atomic E-state index is 12.5. The molecule has 1 atom stereocenters. The minimum absolute atomic E-state index is 0.0369. The van der Waals surface area contributed by atoms with Gasteiger partial charge in [-0.1, -0.05) is 11.6 Å². The number of hydrogen-bond acceptors (Lipinski definition) is 5. The summed E-state index contributed by atoms with van der Waals surface area (Å²) in [6.07, 6.45) is 0.568. The molecule has 0 bridgehead atoms. The van der Waals surface area contributed by atoms with Crippen LogP contribution in [0.15, 0.2) is 53.4 Å². The molecule has 32 heavy (non-hydrogen) atoms. The standard InChI is InChI=1S/C21H25ClN4O5S/c1-14(26-32(30,31)19-11-9-17(10-12-19)24-15(2)27)21(29)23-13-3-4-20(28)25-18-7-5-16(22)6-8-18/h5-12,14,26H,3-4,13H2,1-2H3,(H,23,29)(H,24,27)(H,25,28)/t14-/m0/s1. The zero-order valence-corrected chi connectivity index (χ0v) is 19.2. The van der Waals surface area contributed by atoms with Crippen LogP contribution >= 0.6 is 11.6 Å². The number of carbonyl (C=O) groups excluding carboxylic acids is 3. The molecule has 9 nitrogen and oxygen atoms in total. The lowest BCUT2D eigenvalue weighted by Gasteiger charge is -2.15. The van der Waals surface area contributed by atoms with Crippen molar-refractivity contribution in [3.05, 3.63) is 53.6 Å². The Bertz CT molecular complexity index is 1060. The monoisotopic (exact) mass is 480 g/mol. The summed E-state index contributed by atoms with van der Waals surface area (Å²) in [6, 6.07) is 11.2. The molecule has 0 aliphatic heterocycles. The molecule has 0 aliphatic rings. The number of carbonyl (C=O) groups is 3. The van der Waals surface area contributed by atoms with Gasteiger partial charge in [-0.15, -0.1) is 0 Å². The van der Waals surface area contributed by atoms with Gasteiger partial charge in [0.15, 0.2) is 0 Å². The van der Waals surface area contributed by atoms with E-state index in [2.05, 4.69) is 20.7 Å². The average molecular weight is 481 g/mol. The van der Waals surface area contributed by atoms with E-state index in [9.17, 15) is 22.8 Å². The van der Waals surface area contributed by atoms with Gasteiger partial charge >= 0.3 is 0 Å². The van der Waals surface area contributed by atoms with E-state index in [0.717, 1.165) is 0 Å². The van der Waals surface area contributed by atoms with Gasteiger partial charge in [0.1, 0.15) is 0 Å². The molecule has 0 saturated heterocycles. The van der Waals surface area contributed by atoms with Crippen molar-refractivity contribution < 1.29 is 22.8 Å². The Morgan fingerprint density at radius 3 is 2.09 bits per heavy atom. The minimum Gasteiger partial charge on any atom is -0.355 e. The zero-order chi connectivity index (χ0) is 23.7. The van der Waals surface area contributed by atoms with Crippen LogP contribution in [0.2, 0.25) is 5.02 Å². The highest BCUT2D eigenvalue weighted by Crippen LogP contribution is 2.15. The van der Waals surface area contributed by atoms with Crippen molar-refractivity contribution in [3.8, 4) is 0 Å². The number of amides is 3. The molecule has 4 N–H and O–H groups in total. The fraction of sp³-hybridized carbons (Fsp3) is 0.286. The van der Waals surface area contributed by atoms with Crippen molar-refractivity contribution in [2.45, 2.75) is 37.6 Å². The first-order valence-corrected chi connectivity index (χ1v) is 11.7. The first-order chi connectivity index (χ1) is 15.1. The molecule has 0 fully saturated rings. The van der Waals surface area contributed by atoms with E-state index in [4.69, 9.17) is 11.6 Å². The Kier molecular flexibility index (Phi) is 9.18. The number of hydrogen-bond donors (Lipinski definition) is 4. The fourth-order valence-corrected chi connectivity index (χ4v) is 3.97. The molecule has 11 heteroatoms. The van der Waals surface area contributed by atoms with Crippen molar-refractivity contribution in [1.82, 2.24) is 10.0 Å². The number of sulfonamides is 1. The van der Waals surface area contributed by atoms with E-state index in [1.807, 2.05) is 0 Å². The summed E-state index contributed by atoms with van der Waals surface area (Å²) in [7, 11) is -3.93. The summed E-state index contributed by atoms with van der Waals surface area (Å²) in [5.74, 6) is -0.994. The quantitative estimate of drug-likeness (QED) is 0.388. The van der Waals surface area contributed by atoms with Crippen LogP contribution in [0, 0.1) is 0 Å². The van der Waals surface area contributed by atoms with Crippen molar-refractivity contribution in [3.63, 3.8) is 0 Å². The Balaban J connectivity index is 1.76. The third kappa shape index (κ3) is 8.29. The van der Waals surface area contributed by atoms with Crippen molar-refractivity contribution >= 4 is 50.7 Å². The summed E-state index contributed by atoms with van der Waals surface area (Å²) in [4.78, 5) is 35.1. The largest absolute Gasteiger partial charge is 0.355 e. The number of benzene rings is 2. The van der Waals surface area contributed by atoms with E-state index in [-0.39, 0.29) is 29.7 Å². The fourth-order valence-electron chi connectivity index (χ4n) is 2.65.